The Bertz CT molecular complexity index is 644. The van der Waals surface area contributed by atoms with Gasteiger partial charge < -0.3 is 5.11 Å². The summed E-state index contributed by atoms with van der Waals surface area (Å²) in [7, 11) is 0. The molecule has 3 rings (SSSR count). The summed E-state index contributed by atoms with van der Waals surface area (Å²) in [6, 6.07) is 1.81. The number of hydrogen-bond donors (Lipinski definition) is 1. The van der Waals surface area contributed by atoms with Crippen molar-refractivity contribution in [3.8, 4) is 0 Å². The van der Waals surface area contributed by atoms with Crippen LogP contribution < -0.4 is 0 Å². The molecule has 4 nitrogen and oxygen atoms in total. The summed E-state index contributed by atoms with van der Waals surface area (Å²) in [6.07, 6.45) is 4.83. The molecular formula is C13H13ClN2O2. The van der Waals surface area contributed by atoms with Gasteiger partial charge in [0.25, 0.3) is 0 Å². The molecule has 18 heavy (non-hydrogen) atoms. The Kier molecular flexibility index (Phi) is 2.55. The first-order valence-corrected chi connectivity index (χ1v) is 6.37. The quantitative estimate of drug-likeness (QED) is 0.906. The van der Waals surface area contributed by atoms with E-state index in [0.29, 0.717) is 16.4 Å². The zero-order valence-electron chi connectivity index (χ0n) is 9.98. The molecule has 0 atom stereocenters. The average molecular weight is 265 g/mol. The fourth-order valence-corrected chi connectivity index (χ4v) is 2.73. The van der Waals surface area contributed by atoms with Crippen molar-refractivity contribution >= 4 is 23.2 Å². The number of carboxylic acids is 1. The summed E-state index contributed by atoms with van der Waals surface area (Å²) in [5.74, 6) is -0.653. The molecule has 0 unspecified atom stereocenters. The lowest BCUT2D eigenvalue weighted by atomic mass is 9.82. The molecule has 0 amide bonds. The van der Waals surface area contributed by atoms with E-state index < -0.39 is 5.97 Å². The smallest absolute Gasteiger partial charge is 0.354 e. The average Bonchev–Trinajstić information content (AvgIpc) is 2.54. The van der Waals surface area contributed by atoms with Crippen molar-refractivity contribution in [2.75, 3.05) is 0 Å². The maximum absolute atomic E-state index is 11.5. The van der Waals surface area contributed by atoms with Crippen molar-refractivity contribution in [3.05, 3.63) is 34.2 Å². The molecule has 0 spiro atoms. The summed E-state index contributed by atoms with van der Waals surface area (Å²) in [5, 5.41) is 9.93. The Labute approximate surface area is 109 Å². The highest BCUT2D eigenvalue weighted by Crippen LogP contribution is 2.38. The van der Waals surface area contributed by atoms with E-state index >= 15 is 0 Å². The highest BCUT2D eigenvalue weighted by molar-refractivity contribution is 6.30. The molecular weight excluding hydrogens is 252 g/mol. The third-order valence-electron chi connectivity index (χ3n) is 3.59. The van der Waals surface area contributed by atoms with Gasteiger partial charge in [-0.1, -0.05) is 18.0 Å². The van der Waals surface area contributed by atoms with E-state index in [2.05, 4.69) is 4.98 Å². The van der Waals surface area contributed by atoms with Crippen LogP contribution in [0.4, 0.5) is 0 Å². The zero-order chi connectivity index (χ0) is 12.9. The van der Waals surface area contributed by atoms with Crippen LogP contribution in [-0.4, -0.2) is 20.5 Å². The van der Waals surface area contributed by atoms with E-state index in [1.807, 2.05) is 6.92 Å². The van der Waals surface area contributed by atoms with E-state index in [1.54, 1.807) is 16.7 Å². The molecule has 0 aliphatic heterocycles. The zero-order valence-corrected chi connectivity index (χ0v) is 10.7. The fourth-order valence-electron chi connectivity index (χ4n) is 2.46. The number of pyridine rings is 1. The molecule has 5 heteroatoms. The number of fused-ring (bicyclic) bond motifs is 1. The van der Waals surface area contributed by atoms with Crippen LogP contribution in [0.3, 0.4) is 0 Å². The maximum Gasteiger partial charge on any atom is 0.354 e. The minimum absolute atomic E-state index is 0.264. The van der Waals surface area contributed by atoms with E-state index in [4.69, 9.17) is 11.6 Å². The molecule has 2 aromatic heterocycles. The van der Waals surface area contributed by atoms with E-state index in [0.717, 1.165) is 24.8 Å². The summed E-state index contributed by atoms with van der Waals surface area (Å²) in [4.78, 5) is 16.0. The topological polar surface area (TPSA) is 54.6 Å². The number of nitrogens with zero attached hydrogens (tertiary/aromatic N) is 2. The Morgan fingerprint density at radius 1 is 1.56 bits per heavy atom. The fraction of sp³-hybridized carbons (Fsp3) is 0.385. The van der Waals surface area contributed by atoms with Gasteiger partial charge in [-0.2, -0.15) is 0 Å². The van der Waals surface area contributed by atoms with E-state index in [9.17, 15) is 9.90 Å². The summed E-state index contributed by atoms with van der Waals surface area (Å²) in [5.41, 5.74) is 2.56. The van der Waals surface area contributed by atoms with Crippen LogP contribution in [0.2, 0.25) is 5.02 Å². The highest BCUT2D eigenvalue weighted by atomic mass is 35.5. The first-order valence-electron chi connectivity index (χ1n) is 5.99. The Hall–Kier alpha value is -1.55. The second-order valence-electron chi connectivity index (χ2n) is 4.81. The third-order valence-corrected chi connectivity index (χ3v) is 3.80. The number of imidazole rings is 1. The molecule has 0 bridgehead atoms. The summed E-state index contributed by atoms with van der Waals surface area (Å²) in [6.45, 7) is 1.89. The minimum Gasteiger partial charge on any atom is -0.477 e. The van der Waals surface area contributed by atoms with Gasteiger partial charge >= 0.3 is 5.97 Å². The monoisotopic (exact) mass is 264 g/mol. The maximum atomic E-state index is 11.5. The number of carbonyl (C=O) groups is 1. The van der Waals surface area contributed by atoms with Crippen molar-refractivity contribution in [1.82, 2.24) is 9.38 Å². The van der Waals surface area contributed by atoms with Gasteiger partial charge in [-0.15, -0.1) is 0 Å². The molecule has 1 fully saturated rings. The Morgan fingerprint density at radius 3 is 2.83 bits per heavy atom. The Balaban J connectivity index is 2.32. The SMILES string of the molecule is Cc1cc(Cl)cn2c(C(=O)O)c(C3CCC3)nc12. The van der Waals surface area contributed by atoms with Gasteiger partial charge in [-0.25, -0.2) is 9.78 Å². The van der Waals surface area contributed by atoms with Gasteiger partial charge in [0.15, 0.2) is 5.69 Å². The van der Waals surface area contributed by atoms with Crippen LogP contribution in [0.15, 0.2) is 12.3 Å². The predicted molar refractivity (Wildman–Crippen MR) is 68.5 cm³/mol. The molecule has 0 saturated heterocycles. The molecule has 2 aromatic rings. The molecule has 1 aliphatic rings. The first-order chi connectivity index (χ1) is 8.58. The standard InChI is InChI=1S/C13H13ClN2O2/c1-7-5-9(14)6-16-11(13(17)18)10(15-12(7)16)8-3-2-4-8/h5-6,8H,2-4H2,1H3,(H,17,18). The largest absolute Gasteiger partial charge is 0.477 e. The normalized spacial score (nSPS) is 15.9. The second-order valence-corrected chi connectivity index (χ2v) is 5.25. The minimum atomic E-state index is -0.939. The van der Waals surface area contributed by atoms with Crippen molar-refractivity contribution in [1.29, 1.82) is 0 Å². The summed E-state index contributed by atoms with van der Waals surface area (Å²) >= 11 is 6.00. The lowest BCUT2D eigenvalue weighted by Crippen LogP contribution is -2.14. The van der Waals surface area contributed by atoms with Crippen molar-refractivity contribution in [3.63, 3.8) is 0 Å². The van der Waals surface area contributed by atoms with Crippen LogP contribution in [-0.2, 0) is 0 Å². The summed E-state index contributed by atoms with van der Waals surface area (Å²) < 4.78 is 1.60. The molecule has 0 aromatic carbocycles. The van der Waals surface area contributed by atoms with Crippen molar-refractivity contribution in [2.45, 2.75) is 32.1 Å². The van der Waals surface area contributed by atoms with Gasteiger partial charge in [0.05, 0.1) is 10.7 Å². The van der Waals surface area contributed by atoms with Crippen LogP contribution in [0.25, 0.3) is 5.65 Å². The highest BCUT2D eigenvalue weighted by Gasteiger charge is 2.29. The van der Waals surface area contributed by atoms with Crippen LogP contribution in [0.5, 0.6) is 0 Å². The van der Waals surface area contributed by atoms with E-state index in [1.165, 1.54) is 0 Å². The van der Waals surface area contributed by atoms with Gasteiger partial charge in [0.1, 0.15) is 5.65 Å². The lowest BCUT2D eigenvalue weighted by molar-refractivity contribution is 0.0686. The number of halogens is 1. The number of aryl methyl sites for hydroxylation is 1. The van der Waals surface area contributed by atoms with Gasteiger partial charge in [0, 0.05) is 12.1 Å². The number of aromatic carboxylic acids is 1. The van der Waals surface area contributed by atoms with Crippen LogP contribution >= 0.6 is 11.6 Å². The van der Waals surface area contributed by atoms with Crippen LogP contribution in [0, 0.1) is 6.92 Å². The predicted octanol–water partition coefficient (Wildman–Crippen LogP) is 3.26. The van der Waals surface area contributed by atoms with E-state index in [-0.39, 0.29) is 11.6 Å². The molecule has 1 aliphatic carbocycles. The lowest BCUT2D eigenvalue weighted by Gasteiger charge is -2.23. The van der Waals surface area contributed by atoms with Crippen molar-refractivity contribution in [2.24, 2.45) is 0 Å². The molecule has 0 radical (unpaired) electrons. The van der Waals surface area contributed by atoms with Gasteiger partial charge in [-0.05, 0) is 31.4 Å². The Morgan fingerprint density at radius 2 is 2.28 bits per heavy atom. The molecule has 94 valence electrons. The molecule has 2 heterocycles. The first kappa shape index (κ1) is 11.5. The third kappa shape index (κ3) is 1.60. The van der Waals surface area contributed by atoms with Crippen LogP contribution in [0.1, 0.15) is 46.9 Å². The van der Waals surface area contributed by atoms with Gasteiger partial charge in [-0.3, -0.25) is 4.40 Å². The number of carboxylic acid groups (broad SMARTS) is 1. The second kappa shape index (κ2) is 3.99. The number of hydrogen-bond acceptors (Lipinski definition) is 2. The molecule has 1 saturated carbocycles. The number of aromatic nitrogens is 2. The van der Waals surface area contributed by atoms with Gasteiger partial charge in [0.2, 0.25) is 0 Å². The van der Waals surface area contributed by atoms with Crippen molar-refractivity contribution < 1.29 is 9.90 Å². The molecule has 1 N–H and O–H groups in total. The number of rotatable bonds is 2.